The molecule has 1 aromatic heterocycles. The van der Waals surface area contributed by atoms with Crippen molar-refractivity contribution in [2.75, 3.05) is 17.2 Å². The summed E-state index contributed by atoms with van der Waals surface area (Å²) < 4.78 is 24.1. The maximum Gasteiger partial charge on any atom is 0.278 e. The monoisotopic (exact) mass is 279 g/mol. The van der Waals surface area contributed by atoms with E-state index >= 15 is 0 Å². The summed E-state index contributed by atoms with van der Waals surface area (Å²) in [6.45, 7) is 1.82. The van der Waals surface area contributed by atoms with Crippen molar-refractivity contribution in [1.29, 1.82) is 0 Å². The van der Waals surface area contributed by atoms with Gasteiger partial charge in [-0.25, -0.2) is 13.4 Å². The second-order valence-electron chi connectivity index (χ2n) is 3.60. The van der Waals surface area contributed by atoms with Crippen LogP contribution in [0.4, 0.5) is 5.69 Å². The van der Waals surface area contributed by atoms with Crippen molar-refractivity contribution < 1.29 is 8.42 Å². The molecule has 17 heavy (non-hydrogen) atoms. The van der Waals surface area contributed by atoms with Gasteiger partial charge in [0, 0.05) is 12.3 Å². The highest BCUT2D eigenvalue weighted by atomic mass is 35.5. The molecule has 0 aliphatic heterocycles. The van der Waals surface area contributed by atoms with Gasteiger partial charge in [-0.3, -0.25) is 9.36 Å². The lowest BCUT2D eigenvalue weighted by atomic mass is 10.5. The van der Waals surface area contributed by atoms with Gasteiger partial charge < -0.3 is 5.73 Å². The van der Waals surface area contributed by atoms with Gasteiger partial charge in [-0.05, 0) is 6.42 Å². The minimum Gasteiger partial charge on any atom is -0.392 e. The van der Waals surface area contributed by atoms with Crippen molar-refractivity contribution in [2.45, 2.75) is 19.9 Å². The second kappa shape index (κ2) is 5.50. The van der Waals surface area contributed by atoms with Crippen LogP contribution in [0.1, 0.15) is 13.3 Å². The highest BCUT2D eigenvalue weighted by molar-refractivity contribution is 7.91. The third kappa shape index (κ3) is 3.71. The molecule has 0 bridgehead atoms. The lowest BCUT2D eigenvalue weighted by Crippen LogP contribution is -2.27. The van der Waals surface area contributed by atoms with Gasteiger partial charge >= 0.3 is 0 Å². The highest BCUT2D eigenvalue weighted by Crippen LogP contribution is 2.08. The molecule has 2 N–H and O–H groups in total. The molecule has 1 heterocycles. The van der Waals surface area contributed by atoms with Gasteiger partial charge in [0.25, 0.3) is 5.56 Å². The second-order valence-corrected chi connectivity index (χ2v) is 6.26. The Kier molecular flexibility index (Phi) is 4.53. The van der Waals surface area contributed by atoms with Gasteiger partial charge in [0.2, 0.25) is 0 Å². The van der Waals surface area contributed by atoms with E-state index in [4.69, 9.17) is 17.3 Å². The summed E-state index contributed by atoms with van der Waals surface area (Å²) in [6.07, 6.45) is 1.75. The average Bonchev–Trinajstić information content (AvgIpc) is 2.25. The molecule has 0 radical (unpaired) electrons. The van der Waals surface area contributed by atoms with Crippen LogP contribution in [-0.2, 0) is 16.4 Å². The summed E-state index contributed by atoms with van der Waals surface area (Å²) in [5.74, 6) is 0.00174. The zero-order valence-corrected chi connectivity index (χ0v) is 11.0. The number of rotatable bonds is 5. The Morgan fingerprint density at radius 3 is 2.71 bits per heavy atom. The van der Waals surface area contributed by atoms with Crippen LogP contribution in [0.15, 0.2) is 11.1 Å². The molecule has 0 atom stereocenters. The fourth-order valence-corrected chi connectivity index (χ4v) is 2.72. The summed E-state index contributed by atoms with van der Waals surface area (Å²) >= 11 is 5.56. The number of sulfone groups is 1. The Bertz CT molecular complexity index is 553. The first kappa shape index (κ1) is 14.0. The number of nitrogens with two attached hydrogens (primary N) is 1. The normalized spacial score (nSPS) is 11.6. The molecule has 0 unspecified atom stereocenters. The van der Waals surface area contributed by atoms with Crippen molar-refractivity contribution in [3.63, 3.8) is 0 Å². The lowest BCUT2D eigenvalue weighted by molar-refractivity contribution is 0.585. The van der Waals surface area contributed by atoms with Crippen LogP contribution in [0.5, 0.6) is 0 Å². The molecule has 0 saturated carbocycles. The van der Waals surface area contributed by atoms with Gasteiger partial charge in [0.1, 0.15) is 5.69 Å². The van der Waals surface area contributed by atoms with E-state index in [2.05, 4.69) is 4.98 Å². The molecule has 96 valence electrons. The smallest absolute Gasteiger partial charge is 0.278 e. The number of nitrogen functional groups attached to an aromatic ring is 1. The quantitative estimate of drug-likeness (QED) is 0.783. The van der Waals surface area contributed by atoms with Gasteiger partial charge in [0.05, 0.1) is 12.1 Å². The predicted octanol–water partition coefficient (Wildman–Crippen LogP) is 0.304. The fourth-order valence-electron chi connectivity index (χ4n) is 1.30. The Hall–Kier alpha value is -1.08. The average molecular weight is 280 g/mol. The summed E-state index contributed by atoms with van der Waals surface area (Å²) in [5.41, 5.74) is 4.72. The molecule has 1 aromatic rings. The molecule has 0 aromatic carbocycles. The van der Waals surface area contributed by atoms with Crippen LogP contribution in [0.3, 0.4) is 0 Å². The molecule has 8 heteroatoms. The molecule has 0 spiro atoms. The molecular formula is C9H14ClN3O3S. The first-order chi connectivity index (χ1) is 7.87. The van der Waals surface area contributed by atoms with E-state index < -0.39 is 15.4 Å². The molecule has 0 amide bonds. The lowest BCUT2D eigenvalue weighted by Gasteiger charge is -2.07. The number of anilines is 1. The zero-order valence-electron chi connectivity index (χ0n) is 9.39. The Morgan fingerprint density at radius 1 is 1.47 bits per heavy atom. The van der Waals surface area contributed by atoms with Gasteiger partial charge in [-0.2, -0.15) is 0 Å². The third-order valence-corrected chi connectivity index (χ3v) is 4.32. The summed E-state index contributed by atoms with van der Waals surface area (Å²) in [5, 5.41) is -0.0670. The Morgan fingerprint density at radius 2 is 2.12 bits per heavy atom. The van der Waals surface area contributed by atoms with Crippen molar-refractivity contribution >= 4 is 27.1 Å². The highest BCUT2D eigenvalue weighted by Gasteiger charge is 2.11. The minimum absolute atomic E-state index is 0.0372. The van der Waals surface area contributed by atoms with Crippen LogP contribution in [0.2, 0.25) is 5.15 Å². The van der Waals surface area contributed by atoms with Crippen molar-refractivity contribution in [1.82, 2.24) is 9.55 Å². The summed E-state index contributed by atoms with van der Waals surface area (Å²) in [6, 6.07) is 0. The van der Waals surface area contributed by atoms with E-state index in [-0.39, 0.29) is 28.9 Å². The van der Waals surface area contributed by atoms with Gasteiger partial charge in [-0.1, -0.05) is 18.5 Å². The van der Waals surface area contributed by atoms with Crippen molar-refractivity contribution in [3.8, 4) is 0 Å². The zero-order chi connectivity index (χ0) is 13.1. The SMILES string of the molecule is CCCS(=O)(=O)CCn1cnc(Cl)c(N)c1=O. The number of hydrogen-bond acceptors (Lipinski definition) is 5. The first-order valence-corrected chi connectivity index (χ1v) is 7.28. The number of hydrogen-bond donors (Lipinski definition) is 1. The molecule has 0 fully saturated rings. The van der Waals surface area contributed by atoms with E-state index in [0.717, 1.165) is 4.57 Å². The Balaban J connectivity index is 2.85. The van der Waals surface area contributed by atoms with Crippen LogP contribution in [0.25, 0.3) is 0 Å². The molecule has 1 rings (SSSR count). The fraction of sp³-hybridized carbons (Fsp3) is 0.556. The third-order valence-electron chi connectivity index (χ3n) is 2.18. The molecular weight excluding hydrogens is 266 g/mol. The molecule has 6 nitrogen and oxygen atoms in total. The van der Waals surface area contributed by atoms with E-state index in [9.17, 15) is 13.2 Å². The van der Waals surface area contributed by atoms with Crippen LogP contribution >= 0.6 is 11.6 Å². The summed E-state index contributed by atoms with van der Waals surface area (Å²) in [4.78, 5) is 15.3. The topological polar surface area (TPSA) is 95.1 Å². The standard InChI is InChI=1S/C9H14ClN3O3S/c1-2-4-17(15,16)5-3-13-6-12-8(10)7(11)9(13)14/h6H,2-5,11H2,1H3. The summed E-state index contributed by atoms with van der Waals surface area (Å²) in [7, 11) is -3.13. The maximum absolute atomic E-state index is 11.6. The number of halogens is 1. The van der Waals surface area contributed by atoms with Crippen molar-refractivity contribution in [3.05, 3.63) is 21.8 Å². The van der Waals surface area contributed by atoms with E-state index in [1.807, 2.05) is 0 Å². The van der Waals surface area contributed by atoms with Crippen molar-refractivity contribution in [2.24, 2.45) is 0 Å². The first-order valence-electron chi connectivity index (χ1n) is 5.08. The van der Waals surface area contributed by atoms with Gasteiger partial charge in [0.15, 0.2) is 15.0 Å². The minimum atomic E-state index is -3.13. The van der Waals surface area contributed by atoms with E-state index in [0.29, 0.717) is 6.42 Å². The molecule has 0 aliphatic carbocycles. The van der Waals surface area contributed by atoms with Crippen LogP contribution in [-0.4, -0.2) is 29.5 Å². The number of nitrogens with zero attached hydrogens (tertiary/aromatic N) is 2. The van der Waals surface area contributed by atoms with Crippen LogP contribution < -0.4 is 11.3 Å². The molecule has 0 saturated heterocycles. The van der Waals surface area contributed by atoms with Gasteiger partial charge in [-0.15, -0.1) is 0 Å². The van der Waals surface area contributed by atoms with E-state index in [1.54, 1.807) is 6.92 Å². The number of aryl methyl sites for hydroxylation is 1. The largest absolute Gasteiger partial charge is 0.392 e. The Labute approximate surface area is 104 Å². The predicted molar refractivity (Wildman–Crippen MR) is 66.9 cm³/mol. The van der Waals surface area contributed by atoms with Crippen LogP contribution in [0, 0.1) is 0 Å². The maximum atomic E-state index is 11.6. The molecule has 0 aliphatic rings. The van der Waals surface area contributed by atoms with E-state index in [1.165, 1.54) is 6.33 Å². The number of aromatic nitrogens is 2.